The Labute approximate surface area is 74.6 Å². The minimum Gasteiger partial charge on any atom is -0.315 e. The summed E-state index contributed by atoms with van der Waals surface area (Å²) in [4.78, 5) is 2.54. The van der Waals surface area contributed by atoms with E-state index >= 15 is 0 Å². The highest BCUT2D eigenvalue weighted by Crippen LogP contribution is 2.10. The molecular weight excluding hydrogens is 160 g/mol. The third-order valence-corrected chi connectivity index (χ3v) is 2.25. The first-order valence-corrected chi connectivity index (χ1v) is 4.71. The summed E-state index contributed by atoms with van der Waals surface area (Å²) in [7, 11) is 0. The van der Waals surface area contributed by atoms with Crippen LogP contribution in [0.3, 0.4) is 0 Å². The molecule has 0 heterocycles. The second kappa shape index (κ2) is 6.89. The number of rotatable bonds is 6. The van der Waals surface area contributed by atoms with Crippen LogP contribution in [0.25, 0.3) is 0 Å². The fourth-order valence-corrected chi connectivity index (χ4v) is 1.22. The lowest BCUT2D eigenvalue weighted by Crippen LogP contribution is -2.37. The number of nitrogens with one attached hydrogen (secondary N) is 1. The third kappa shape index (κ3) is 5.48. The largest absolute Gasteiger partial charge is 0.315 e. The van der Waals surface area contributed by atoms with Gasteiger partial charge in [0.2, 0.25) is 0 Å². The van der Waals surface area contributed by atoms with Gasteiger partial charge in [0, 0.05) is 0 Å². The van der Waals surface area contributed by atoms with Gasteiger partial charge in [-0.15, -0.1) is 0 Å². The van der Waals surface area contributed by atoms with Crippen molar-refractivity contribution in [2.24, 2.45) is 11.7 Å². The molecule has 0 aliphatic carbocycles. The number of halogens is 1. The molecule has 0 saturated carbocycles. The van der Waals surface area contributed by atoms with Gasteiger partial charge >= 0.3 is 0 Å². The number of hydrogen-bond donors (Lipinski definition) is 2. The van der Waals surface area contributed by atoms with Gasteiger partial charge in [-0.2, -0.15) is 0 Å². The molecule has 0 aliphatic rings. The number of unbranched alkanes of at least 4 members (excludes halogenated alkanes) is 2. The molecule has 0 spiro atoms. The average molecular weight is 179 g/mol. The van der Waals surface area contributed by atoms with Crippen LogP contribution >= 0.6 is 11.8 Å². The second-order valence-electron chi connectivity index (χ2n) is 3.11. The van der Waals surface area contributed by atoms with Crippen LogP contribution in [-0.2, 0) is 0 Å². The van der Waals surface area contributed by atoms with Crippen LogP contribution in [0, 0.1) is 5.92 Å². The first-order chi connectivity index (χ1) is 5.22. The Kier molecular flexibility index (Phi) is 7.02. The summed E-state index contributed by atoms with van der Waals surface area (Å²) >= 11 is 5.38. The van der Waals surface area contributed by atoms with Crippen molar-refractivity contribution in [3.05, 3.63) is 0 Å². The second-order valence-corrected chi connectivity index (χ2v) is 3.33. The van der Waals surface area contributed by atoms with Crippen molar-refractivity contribution in [1.29, 1.82) is 0 Å². The van der Waals surface area contributed by atoms with Crippen molar-refractivity contribution >= 4 is 11.8 Å². The van der Waals surface area contributed by atoms with Crippen molar-refractivity contribution in [2.45, 2.75) is 45.7 Å². The number of hydrogen-bond acceptors (Lipinski definition) is 2. The van der Waals surface area contributed by atoms with Gasteiger partial charge in [-0.3, -0.25) is 0 Å². The first kappa shape index (κ1) is 11.2. The van der Waals surface area contributed by atoms with E-state index in [9.17, 15) is 0 Å². The molecule has 0 saturated heterocycles. The Morgan fingerprint density at radius 1 is 1.45 bits per heavy atom. The summed E-state index contributed by atoms with van der Waals surface area (Å²) in [5, 5.41) is 0. The molecule has 0 aromatic carbocycles. The highest BCUT2D eigenvalue weighted by atomic mass is 35.5. The molecule has 11 heavy (non-hydrogen) atoms. The Morgan fingerprint density at radius 3 is 2.55 bits per heavy atom. The van der Waals surface area contributed by atoms with Crippen LogP contribution in [0.15, 0.2) is 0 Å². The standard InChI is InChI=1S/C8H19ClN2/c1-3-4-5-6-7(2)8(10)11-9/h7-8,11H,3-6,10H2,1-2H3/t7-,8+/m0/s1. The highest BCUT2D eigenvalue weighted by molar-refractivity contribution is 6.13. The lowest BCUT2D eigenvalue weighted by atomic mass is 10.0. The van der Waals surface area contributed by atoms with Gasteiger partial charge in [0.1, 0.15) is 0 Å². The monoisotopic (exact) mass is 178 g/mol. The Balaban J connectivity index is 3.28. The minimum atomic E-state index is -0.0616. The molecule has 0 fully saturated rings. The van der Waals surface area contributed by atoms with E-state index in [1.165, 1.54) is 19.3 Å². The average Bonchev–Trinajstić information content (AvgIpc) is 2.03. The Morgan fingerprint density at radius 2 is 2.09 bits per heavy atom. The van der Waals surface area contributed by atoms with E-state index in [1.807, 2.05) is 0 Å². The van der Waals surface area contributed by atoms with E-state index in [1.54, 1.807) is 0 Å². The van der Waals surface area contributed by atoms with E-state index in [2.05, 4.69) is 18.7 Å². The molecule has 2 nitrogen and oxygen atoms in total. The summed E-state index contributed by atoms with van der Waals surface area (Å²) in [5.41, 5.74) is 5.66. The highest BCUT2D eigenvalue weighted by Gasteiger charge is 2.09. The van der Waals surface area contributed by atoms with Gasteiger partial charge in [-0.25, -0.2) is 4.84 Å². The van der Waals surface area contributed by atoms with Gasteiger partial charge in [-0.1, -0.05) is 33.1 Å². The van der Waals surface area contributed by atoms with Crippen LogP contribution in [0.4, 0.5) is 0 Å². The summed E-state index contributed by atoms with van der Waals surface area (Å²) < 4.78 is 0. The molecule has 0 amide bonds. The maximum atomic E-state index is 5.66. The molecule has 0 rings (SSSR count). The molecule has 0 aromatic heterocycles. The molecule has 2 atom stereocenters. The number of nitrogens with two attached hydrogens (primary N) is 1. The van der Waals surface area contributed by atoms with Crippen LogP contribution in [-0.4, -0.2) is 6.17 Å². The topological polar surface area (TPSA) is 38.0 Å². The maximum Gasteiger partial charge on any atom is 0.0714 e. The summed E-state index contributed by atoms with van der Waals surface area (Å²) in [6, 6.07) is 0. The van der Waals surface area contributed by atoms with Crippen molar-refractivity contribution in [1.82, 2.24) is 4.84 Å². The zero-order valence-corrected chi connectivity index (χ0v) is 8.19. The smallest absolute Gasteiger partial charge is 0.0714 e. The molecule has 3 N–H and O–H groups in total. The van der Waals surface area contributed by atoms with E-state index in [0.717, 1.165) is 6.42 Å². The van der Waals surface area contributed by atoms with Crippen LogP contribution in [0.5, 0.6) is 0 Å². The lowest BCUT2D eigenvalue weighted by Gasteiger charge is -2.17. The van der Waals surface area contributed by atoms with Crippen molar-refractivity contribution in [2.75, 3.05) is 0 Å². The van der Waals surface area contributed by atoms with E-state index in [-0.39, 0.29) is 6.17 Å². The molecule has 0 unspecified atom stereocenters. The fraction of sp³-hybridized carbons (Fsp3) is 1.00. The van der Waals surface area contributed by atoms with E-state index in [0.29, 0.717) is 5.92 Å². The van der Waals surface area contributed by atoms with Gasteiger partial charge < -0.3 is 5.73 Å². The van der Waals surface area contributed by atoms with E-state index < -0.39 is 0 Å². The lowest BCUT2D eigenvalue weighted by molar-refractivity contribution is 0.397. The van der Waals surface area contributed by atoms with Crippen LogP contribution < -0.4 is 10.6 Å². The van der Waals surface area contributed by atoms with Gasteiger partial charge in [0.25, 0.3) is 0 Å². The minimum absolute atomic E-state index is 0.0616. The molecule has 68 valence electrons. The Hall–Kier alpha value is 0.210. The third-order valence-electron chi connectivity index (χ3n) is 2.00. The first-order valence-electron chi connectivity index (χ1n) is 4.34. The van der Waals surface area contributed by atoms with Crippen LogP contribution in [0.1, 0.15) is 39.5 Å². The maximum absolute atomic E-state index is 5.66. The van der Waals surface area contributed by atoms with Crippen LogP contribution in [0.2, 0.25) is 0 Å². The normalized spacial score (nSPS) is 16.4. The zero-order valence-electron chi connectivity index (χ0n) is 7.44. The van der Waals surface area contributed by atoms with Gasteiger partial charge in [0.15, 0.2) is 0 Å². The fourth-order valence-electron chi connectivity index (χ4n) is 1.00. The predicted octanol–water partition coefficient (Wildman–Crippen LogP) is 2.23. The molecule has 0 radical (unpaired) electrons. The zero-order chi connectivity index (χ0) is 8.69. The summed E-state index contributed by atoms with van der Waals surface area (Å²) in [5.74, 6) is 0.471. The van der Waals surface area contributed by atoms with Crippen molar-refractivity contribution < 1.29 is 0 Å². The molecule has 0 aromatic rings. The van der Waals surface area contributed by atoms with Crippen molar-refractivity contribution in [3.63, 3.8) is 0 Å². The van der Waals surface area contributed by atoms with Gasteiger partial charge in [0.05, 0.1) is 6.17 Å². The van der Waals surface area contributed by atoms with Crippen molar-refractivity contribution in [3.8, 4) is 0 Å². The molecular formula is C8H19ClN2. The Bertz CT molecular complexity index is 88.2. The van der Waals surface area contributed by atoms with E-state index in [4.69, 9.17) is 17.5 Å². The summed E-state index contributed by atoms with van der Waals surface area (Å²) in [6.07, 6.45) is 4.90. The quantitative estimate of drug-likeness (QED) is 0.372. The summed E-state index contributed by atoms with van der Waals surface area (Å²) in [6.45, 7) is 4.32. The molecule has 3 heteroatoms. The molecule has 0 bridgehead atoms. The predicted molar refractivity (Wildman–Crippen MR) is 50.3 cm³/mol. The molecule has 0 aliphatic heterocycles. The van der Waals surface area contributed by atoms with Gasteiger partial charge in [-0.05, 0) is 24.1 Å². The SMILES string of the molecule is CCCCC[C@H](C)[C@H](N)NCl.